The van der Waals surface area contributed by atoms with Gasteiger partial charge in [-0.25, -0.2) is 4.98 Å². The standard InChI is InChI=1S/C15H20N4O2/c1-4-9-21-15-13(16)14(17-10-18-15)19(2)11-7-5-6-8-12(11)20-3/h5-8,10H,4,9,16H2,1-3H3. The number of aromatic nitrogens is 2. The maximum absolute atomic E-state index is 6.12. The van der Waals surface area contributed by atoms with Gasteiger partial charge in [0.1, 0.15) is 17.8 Å². The second-order valence-corrected chi connectivity index (χ2v) is 4.50. The van der Waals surface area contributed by atoms with E-state index in [0.717, 1.165) is 17.9 Å². The molecular formula is C15H20N4O2. The minimum absolute atomic E-state index is 0.406. The molecule has 0 atom stereocenters. The van der Waals surface area contributed by atoms with Gasteiger partial charge in [-0.15, -0.1) is 0 Å². The molecule has 2 aromatic rings. The van der Waals surface area contributed by atoms with Gasteiger partial charge in [-0.2, -0.15) is 4.98 Å². The number of ether oxygens (including phenoxy) is 2. The summed E-state index contributed by atoms with van der Waals surface area (Å²) < 4.78 is 10.9. The highest BCUT2D eigenvalue weighted by Crippen LogP contribution is 2.36. The Morgan fingerprint density at radius 1 is 1.24 bits per heavy atom. The summed E-state index contributed by atoms with van der Waals surface area (Å²) in [5, 5.41) is 0. The molecule has 0 amide bonds. The number of benzene rings is 1. The molecule has 0 aliphatic rings. The van der Waals surface area contributed by atoms with Gasteiger partial charge >= 0.3 is 0 Å². The maximum Gasteiger partial charge on any atom is 0.242 e. The molecule has 112 valence electrons. The lowest BCUT2D eigenvalue weighted by atomic mass is 10.2. The quantitative estimate of drug-likeness (QED) is 0.880. The summed E-state index contributed by atoms with van der Waals surface area (Å²) in [6, 6.07) is 7.67. The van der Waals surface area contributed by atoms with Crippen LogP contribution in [0, 0.1) is 0 Å². The van der Waals surface area contributed by atoms with E-state index in [1.54, 1.807) is 7.11 Å². The third-order valence-electron chi connectivity index (χ3n) is 3.03. The van der Waals surface area contributed by atoms with E-state index in [-0.39, 0.29) is 0 Å². The number of nitrogens with two attached hydrogens (primary N) is 1. The Hall–Kier alpha value is -2.50. The summed E-state index contributed by atoms with van der Waals surface area (Å²) >= 11 is 0. The molecule has 0 aliphatic carbocycles. The molecule has 0 unspecified atom stereocenters. The molecule has 0 saturated heterocycles. The zero-order valence-corrected chi connectivity index (χ0v) is 12.5. The molecule has 0 fully saturated rings. The third-order valence-corrected chi connectivity index (χ3v) is 3.03. The minimum atomic E-state index is 0.406. The smallest absolute Gasteiger partial charge is 0.242 e. The van der Waals surface area contributed by atoms with E-state index in [2.05, 4.69) is 9.97 Å². The molecule has 0 saturated carbocycles. The summed E-state index contributed by atoms with van der Waals surface area (Å²) in [5.74, 6) is 1.73. The average Bonchev–Trinajstić information content (AvgIpc) is 2.53. The Morgan fingerprint density at radius 3 is 2.71 bits per heavy atom. The molecular weight excluding hydrogens is 268 g/mol. The van der Waals surface area contributed by atoms with Crippen LogP contribution in [0.4, 0.5) is 17.2 Å². The number of para-hydroxylation sites is 2. The van der Waals surface area contributed by atoms with Crippen molar-refractivity contribution in [2.24, 2.45) is 0 Å². The number of rotatable bonds is 6. The van der Waals surface area contributed by atoms with Crippen LogP contribution in [0.3, 0.4) is 0 Å². The fourth-order valence-corrected chi connectivity index (χ4v) is 1.97. The molecule has 1 aromatic carbocycles. The molecule has 6 heteroatoms. The highest BCUT2D eigenvalue weighted by Gasteiger charge is 2.16. The highest BCUT2D eigenvalue weighted by molar-refractivity contribution is 5.76. The molecule has 0 aliphatic heterocycles. The Kier molecular flexibility index (Phi) is 4.81. The van der Waals surface area contributed by atoms with Crippen molar-refractivity contribution in [3.8, 4) is 11.6 Å². The number of hydrogen-bond donors (Lipinski definition) is 1. The van der Waals surface area contributed by atoms with Crippen LogP contribution >= 0.6 is 0 Å². The number of nitrogens with zero attached hydrogens (tertiary/aromatic N) is 3. The molecule has 21 heavy (non-hydrogen) atoms. The number of hydrogen-bond acceptors (Lipinski definition) is 6. The van der Waals surface area contributed by atoms with Crippen molar-refractivity contribution in [2.45, 2.75) is 13.3 Å². The first kappa shape index (κ1) is 14.9. The van der Waals surface area contributed by atoms with Crippen molar-refractivity contribution < 1.29 is 9.47 Å². The fourth-order valence-electron chi connectivity index (χ4n) is 1.97. The predicted octanol–water partition coefficient (Wildman–Crippen LogP) is 2.62. The lowest BCUT2D eigenvalue weighted by Gasteiger charge is -2.22. The number of methoxy groups -OCH3 is 1. The number of nitrogen functional groups attached to an aromatic ring is 1. The first-order valence-corrected chi connectivity index (χ1v) is 6.79. The largest absolute Gasteiger partial charge is 0.495 e. The first-order valence-electron chi connectivity index (χ1n) is 6.79. The third kappa shape index (κ3) is 3.16. The van der Waals surface area contributed by atoms with E-state index in [1.165, 1.54) is 6.33 Å². The summed E-state index contributed by atoms with van der Waals surface area (Å²) in [7, 11) is 3.51. The topological polar surface area (TPSA) is 73.5 Å². The van der Waals surface area contributed by atoms with Crippen LogP contribution in [0.1, 0.15) is 13.3 Å². The van der Waals surface area contributed by atoms with Gasteiger partial charge < -0.3 is 20.1 Å². The van der Waals surface area contributed by atoms with E-state index in [4.69, 9.17) is 15.2 Å². The van der Waals surface area contributed by atoms with Crippen molar-refractivity contribution >= 4 is 17.2 Å². The van der Waals surface area contributed by atoms with Crippen molar-refractivity contribution in [3.05, 3.63) is 30.6 Å². The van der Waals surface area contributed by atoms with Crippen molar-refractivity contribution in [1.82, 2.24) is 9.97 Å². The summed E-state index contributed by atoms with van der Waals surface area (Å²) in [6.07, 6.45) is 2.34. The Labute approximate surface area is 124 Å². The van der Waals surface area contributed by atoms with E-state index >= 15 is 0 Å². The van der Waals surface area contributed by atoms with Crippen LogP contribution in [-0.2, 0) is 0 Å². The Bertz CT molecular complexity index is 604. The molecule has 2 rings (SSSR count). The van der Waals surface area contributed by atoms with Crippen LogP contribution < -0.4 is 20.1 Å². The Balaban J connectivity index is 2.37. The molecule has 0 bridgehead atoms. The molecule has 0 radical (unpaired) electrons. The minimum Gasteiger partial charge on any atom is -0.495 e. The summed E-state index contributed by atoms with van der Waals surface area (Å²) in [6.45, 7) is 2.60. The van der Waals surface area contributed by atoms with Gasteiger partial charge in [-0.3, -0.25) is 0 Å². The van der Waals surface area contributed by atoms with Crippen LogP contribution in [0.5, 0.6) is 11.6 Å². The van der Waals surface area contributed by atoms with E-state index in [9.17, 15) is 0 Å². The van der Waals surface area contributed by atoms with Crippen LogP contribution in [-0.4, -0.2) is 30.7 Å². The van der Waals surface area contributed by atoms with Gasteiger partial charge in [0.25, 0.3) is 0 Å². The zero-order chi connectivity index (χ0) is 15.2. The van der Waals surface area contributed by atoms with E-state index in [1.807, 2.05) is 43.1 Å². The van der Waals surface area contributed by atoms with E-state index in [0.29, 0.717) is 24.0 Å². The number of anilines is 3. The SMILES string of the molecule is CCCOc1ncnc(N(C)c2ccccc2OC)c1N. The molecule has 1 aromatic heterocycles. The molecule has 2 N–H and O–H groups in total. The van der Waals surface area contributed by atoms with Crippen LogP contribution in [0.15, 0.2) is 30.6 Å². The van der Waals surface area contributed by atoms with Gasteiger partial charge in [-0.1, -0.05) is 19.1 Å². The fraction of sp³-hybridized carbons (Fsp3) is 0.333. The first-order chi connectivity index (χ1) is 10.2. The van der Waals surface area contributed by atoms with Crippen LogP contribution in [0.25, 0.3) is 0 Å². The van der Waals surface area contributed by atoms with Gasteiger partial charge in [0.15, 0.2) is 5.82 Å². The average molecular weight is 288 g/mol. The van der Waals surface area contributed by atoms with Gasteiger partial charge in [0.05, 0.1) is 19.4 Å². The van der Waals surface area contributed by atoms with Crippen molar-refractivity contribution in [3.63, 3.8) is 0 Å². The molecule has 1 heterocycles. The normalized spacial score (nSPS) is 10.2. The molecule has 6 nitrogen and oxygen atoms in total. The molecule has 0 spiro atoms. The van der Waals surface area contributed by atoms with Gasteiger partial charge in [0, 0.05) is 7.05 Å². The highest BCUT2D eigenvalue weighted by atomic mass is 16.5. The second kappa shape index (κ2) is 6.78. The van der Waals surface area contributed by atoms with E-state index < -0.39 is 0 Å². The zero-order valence-electron chi connectivity index (χ0n) is 12.5. The van der Waals surface area contributed by atoms with Gasteiger partial charge in [0.2, 0.25) is 5.88 Å². The second-order valence-electron chi connectivity index (χ2n) is 4.50. The summed E-state index contributed by atoms with van der Waals surface area (Å²) in [5.41, 5.74) is 7.40. The maximum atomic E-state index is 6.12. The van der Waals surface area contributed by atoms with Crippen molar-refractivity contribution in [2.75, 3.05) is 31.4 Å². The lowest BCUT2D eigenvalue weighted by molar-refractivity contribution is 0.306. The Morgan fingerprint density at radius 2 is 2.00 bits per heavy atom. The van der Waals surface area contributed by atoms with Gasteiger partial charge in [-0.05, 0) is 18.6 Å². The van der Waals surface area contributed by atoms with Crippen LogP contribution in [0.2, 0.25) is 0 Å². The predicted molar refractivity (Wildman–Crippen MR) is 83.3 cm³/mol. The lowest BCUT2D eigenvalue weighted by Crippen LogP contribution is -2.15. The monoisotopic (exact) mass is 288 g/mol. The van der Waals surface area contributed by atoms with Crippen molar-refractivity contribution in [1.29, 1.82) is 0 Å². The summed E-state index contributed by atoms with van der Waals surface area (Å²) in [4.78, 5) is 10.2.